The molecule has 0 aromatic heterocycles. The molecule has 23 heavy (non-hydrogen) atoms. The van der Waals surface area contributed by atoms with E-state index in [0.717, 1.165) is 31.6 Å². The Morgan fingerprint density at radius 2 is 1.91 bits per heavy atom. The molecule has 1 aliphatic heterocycles. The SMILES string of the molecule is O=C(O)c1cc(F)c(C2CCN(Cc3ccccc3)C2)cc1F. The van der Waals surface area contributed by atoms with Gasteiger partial charge in [0, 0.05) is 19.0 Å². The van der Waals surface area contributed by atoms with Gasteiger partial charge in [0.1, 0.15) is 11.6 Å². The number of halogens is 2. The van der Waals surface area contributed by atoms with Crippen LogP contribution in [0.15, 0.2) is 42.5 Å². The van der Waals surface area contributed by atoms with Gasteiger partial charge in [-0.2, -0.15) is 0 Å². The fourth-order valence-corrected chi connectivity index (χ4v) is 3.11. The molecule has 1 saturated heterocycles. The summed E-state index contributed by atoms with van der Waals surface area (Å²) in [5, 5.41) is 8.84. The van der Waals surface area contributed by atoms with Crippen molar-refractivity contribution >= 4 is 5.97 Å². The standard InChI is InChI=1S/C18H17F2NO2/c19-16-9-15(18(22)23)17(20)8-14(16)13-6-7-21(11-13)10-12-4-2-1-3-5-12/h1-5,8-9,13H,6-7,10-11H2,(H,22,23). The maximum atomic E-state index is 14.1. The molecule has 1 heterocycles. The van der Waals surface area contributed by atoms with E-state index < -0.39 is 23.2 Å². The van der Waals surface area contributed by atoms with Gasteiger partial charge in [0.15, 0.2) is 0 Å². The molecule has 2 aromatic rings. The molecule has 1 atom stereocenters. The molecule has 1 fully saturated rings. The van der Waals surface area contributed by atoms with Gasteiger partial charge in [-0.25, -0.2) is 13.6 Å². The first-order valence-electron chi connectivity index (χ1n) is 7.53. The summed E-state index contributed by atoms with van der Waals surface area (Å²) in [6.07, 6.45) is 0.732. The van der Waals surface area contributed by atoms with E-state index in [2.05, 4.69) is 4.90 Å². The Bertz CT molecular complexity index is 718. The van der Waals surface area contributed by atoms with Gasteiger partial charge in [0.25, 0.3) is 0 Å². The first-order valence-corrected chi connectivity index (χ1v) is 7.53. The predicted octanol–water partition coefficient (Wildman–Crippen LogP) is 3.65. The highest BCUT2D eigenvalue weighted by molar-refractivity contribution is 5.88. The number of rotatable bonds is 4. The quantitative estimate of drug-likeness (QED) is 0.936. The van der Waals surface area contributed by atoms with Gasteiger partial charge in [0.05, 0.1) is 5.56 Å². The van der Waals surface area contributed by atoms with Crippen LogP contribution in [0.5, 0.6) is 0 Å². The topological polar surface area (TPSA) is 40.5 Å². The minimum Gasteiger partial charge on any atom is -0.478 e. The van der Waals surface area contributed by atoms with Crippen LogP contribution in [0, 0.1) is 11.6 Å². The van der Waals surface area contributed by atoms with Crippen LogP contribution in [0.2, 0.25) is 0 Å². The number of carboxylic acids is 1. The second kappa shape index (κ2) is 6.46. The summed E-state index contributed by atoms with van der Waals surface area (Å²) < 4.78 is 28.0. The molecular formula is C18H17F2NO2. The lowest BCUT2D eigenvalue weighted by Crippen LogP contribution is -2.20. The maximum Gasteiger partial charge on any atom is 0.338 e. The summed E-state index contributed by atoms with van der Waals surface area (Å²) in [6.45, 7) is 2.22. The van der Waals surface area contributed by atoms with Crippen molar-refractivity contribution in [3.05, 3.63) is 70.8 Å². The maximum absolute atomic E-state index is 14.1. The minimum absolute atomic E-state index is 0.115. The molecule has 1 aliphatic rings. The number of hydrogen-bond acceptors (Lipinski definition) is 2. The number of carbonyl (C=O) groups is 1. The van der Waals surface area contributed by atoms with E-state index in [1.807, 2.05) is 30.3 Å². The van der Waals surface area contributed by atoms with Crippen molar-refractivity contribution in [3.63, 3.8) is 0 Å². The van der Waals surface area contributed by atoms with Crippen molar-refractivity contribution in [1.29, 1.82) is 0 Å². The molecule has 3 rings (SSSR count). The van der Waals surface area contributed by atoms with Crippen LogP contribution in [0.4, 0.5) is 8.78 Å². The monoisotopic (exact) mass is 317 g/mol. The summed E-state index contributed by atoms with van der Waals surface area (Å²) in [6, 6.07) is 11.8. The Hall–Kier alpha value is -2.27. The van der Waals surface area contributed by atoms with E-state index in [1.165, 1.54) is 5.56 Å². The summed E-state index contributed by atoms with van der Waals surface area (Å²) in [5.41, 5.74) is 0.828. The molecule has 0 amide bonds. The third kappa shape index (κ3) is 3.40. The van der Waals surface area contributed by atoms with Crippen molar-refractivity contribution in [1.82, 2.24) is 4.90 Å². The Labute approximate surface area is 133 Å². The Kier molecular flexibility index (Phi) is 4.39. The van der Waals surface area contributed by atoms with Crippen LogP contribution in [-0.2, 0) is 6.54 Å². The number of aromatic carboxylic acids is 1. The van der Waals surface area contributed by atoms with E-state index >= 15 is 0 Å². The number of carboxylic acid groups (broad SMARTS) is 1. The largest absolute Gasteiger partial charge is 0.478 e. The molecule has 0 bridgehead atoms. The third-order valence-corrected chi connectivity index (χ3v) is 4.28. The fraction of sp³-hybridized carbons (Fsp3) is 0.278. The fourth-order valence-electron chi connectivity index (χ4n) is 3.11. The van der Waals surface area contributed by atoms with E-state index in [1.54, 1.807) is 0 Å². The highest BCUT2D eigenvalue weighted by Crippen LogP contribution is 2.31. The Balaban J connectivity index is 1.74. The average molecular weight is 317 g/mol. The van der Waals surface area contributed by atoms with Crippen molar-refractivity contribution < 1.29 is 18.7 Å². The lowest BCUT2D eigenvalue weighted by Gasteiger charge is -2.17. The van der Waals surface area contributed by atoms with Gasteiger partial charge < -0.3 is 5.11 Å². The van der Waals surface area contributed by atoms with Crippen LogP contribution in [0.25, 0.3) is 0 Å². The lowest BCUT2D eigenvalue weighted by atomic mass is 9.96. The molecule has 0 spiro atoms. The molecule has 2 aromatic carbocycles. The van der Waals surface area contributed by atoms with Crippen LogP contribution in [0.3, 0.4) is 0 Å². The molecule has 1 unspecified atom stereocenters. The van der Waals surface area contributed by atoms with Crippen LogP contribution in [0.1, 0.15) is 33.8 Å². The molecule has 1 N–H and O–H groups in total. The molecule has 0 saturated carbocycles. The summed E-state index contributed by atoms with van der Waals surface area (Å²) >= 11 is 0. The summed E-state index contributed by atoms with van der Waals surface area (Å²) in [7, 11) is 0. The summed E-state index contributed by atoms with van der Waals surface area (Å²) in [4.78, 5) is 13.0. The Morgan fingerprint density at radius 1 is 1.17 bits per heavy atom. The highest BCUT2D eigenvalue weighted by Gasteiger charge is 2.27. The van der Waals surface area contributed by atoms with Crippen molar-refractivity contribution in [2.45, 2.75) is 18.9 Å². The zero-order valence-corrected chi connectivity index (χ0v) is 12.5. The number of hydrogen-bond donors (Lipinski definition) is 1. The predicted molar refractivity (Wildman–Crippen MR) is 82.4 cm³/mol. The van der Waals surface area contributed by atoms with Gasteiger partial charge in [0.2, 0.25) is 0 Å². The van der Waals surface area contributed by atoms with Crippen molar-refractivity contribution in [2.75, 3.05) is 13.1 Å². The van der Waals surface area contributed by atoms with Crippen LogP contribution < -0.4 is 0 Å². The van der Waals surface area contributed by atoms with E-state index in [-0.39, 0.29) is 11.5 Å². The van der Waals surface area contributed by atoms with Gasteiger partial charge in [-0.1, -0.05) is 30.3 Å². The average Bonchev–Trinajstić information content (AvgIpc) is 2.98. The second-order valence-corrected chi connectivity index (χ2v) is 5.87. The van der Waals surface area contributed by atoms with Crippen LogP contribution in [-0.4, -0.2) is 29.1 Å². The molecule has 0 radical (unpaired) electrons. The Morgan fingerprint density at radius 3 is 2.61 bits per heavy atom. The summed E-state index contributed by atoms with van der Waals surface area (Å²) in [5.74, 6) is -3.09. The van der Waals surface area contributed by atoms with Crippen molar-refractivity contribution in [2.24, 2.45) is 0 Å². The van der Waals surface area contributed by atoms with Crippen LogP contribution >= 0.6 is 0 Å². The number of benzene rings is 2. The molecular weight excluding hydrogens is 300 g/mol. The molecule has 120 valence electrons. The zero-order chi connectivity index (χ0) is 16.4. The molecule has 0 aliphatic carbocycles. The van der Waals surface area contributed by atoms with E-state index in [4.69, 9.17) is 5.11 Å². The molecule has 3 nitrogen and oxygen atoms in total. The smallest absolute Gasteiger partial charge is 0.338 e. The zero-order valence-electron chi connectivity index (χ0n) is 12.5. The first kappa shape index (κ1) is 15.6. The number of nitrogens with zero attached hydrogens (tertiary/aromatic N) is 1. The van der Waals surface area contributed by atoms with Gasteiger partial charge >= 0.3 is 5.97 Å². The first-order chi connectivity index (χ1) is 11.0. The van der Waals surface area contributed by atoms with E-state index in [9.17, 15) is 13.6 Å². The van der Waals surface area contributed by atoms with Gasteiger partial charge in [-0.15, -0.1) is 0 Å². The van der Waals surface area contributed by atoms with Gasteiger partial charge in [-0.05, 0) is 36.2 Å². The van der Waals surface area contributed by atoms with E-state index in [0.29, 0.717) is 6.54 Å². The highest BCUT2D eigenvalue weighted by atomic mass is 19.1. The lowest BCUT2D eigenvalue weighted by molar-refractivity contribution is 0.0691. The van der Waals surface area contributed by atoms with Crippen molar-refractivity contribution in [3.8, 4) is 0 Å². The van der Waals surface area contributed by atoms with Gasteiger partial charge in [-0.3, -0.25) is 4.90 Å². The third-order valence-electron chi connectivity index (χ3n) is 4.28. The molecule has 5 heteroatoms. The normalized spacial score (nSPS) is 18.3. The minimum atomic E-state index is -1.45. The second-order valence-electron chi connectivity index (χ2n) is 5.87. The number of likely N-dealkylation sites (tertiary alicyclic amines) is 1.